The van der Waals surface area contributed by atoms with E-state index in [9.17, 15) is 22.4 Å². The number of ether oxygens (including phenoxy) is 1. The summed E-state index contributed by atoms with van der Waals surface area (Å²) in [7, 11) is 0. The predicted octanol–water partition coefficient (Wildman–Crippen LogP) is 4.18. The standard InChI is InChI=1S/C23H22F4N4O3/c1-15(22-28-21(29-34-22)16-3-2-4-17(13-16)23(25,26)27)30-9-11-31(12-10-30)20(32)14-33-19-7-5-18(24)6-8-19/h2-8,13,15H,9-12,14H2,1H3. The normalized spacial score (nSPS) is 15.9. The van der Waals surface area contributed by atoms with Crippen molar-refractivity contribution in [1.82, 2.24) is 19.9 Å². The fourth-order valence-electron chi connectivity index (χ4n) is 3.64. The van der Waals surface area contributed by atoms with Crippen molar-refractivity contribution in [3.63, 3.8) is 0 Å². The molecule has 1 atom stereocenters. The predicted molar refractivity (Wildman–Crippen MR) is 113 cm³/mol. The number of nitrogens with zero attached hydrogens (tertiary/aromatic N) is 4. The summed E-state index contributed by atoms with van der Waals surface area (Å²) in [5.41, 5.74) is -0.567. The van der Waals surface area contributed by atoms with Crippen LogP contribution in [0.15, 0.2) is 53.1 Å². The van der Waals surface area contributed by atoms with Gasteiger partial charge in [-0.15, -0.1) is 0 Å². The number of carbonyl (C=O) groups excluding carboxylic acids is 1. The SMILES string of the molecule is CC(c1nc(-c2cccc(C(F)(F)F)c2)no1)N1CCN(C(=O)COc2ccc(F)cc2)CC1. The number of hydrogen-bond acceptors (Lipinski definition) is 6. The van der Waals surface area contributed by atoms with Crippen LogP contribution in [0.5, 0.6) is 5.75 Å². The van der Waals surface area contributed by atoms with Gasteiger partial charge >= 0.3 is 6.18 Å². The van der Waals surface area contributed by atoms with Crippen LogP contribution in [0.25, 0.3) is 11.4 Å². The van der Waals surface area contributed by atoms with Gasteiger partial charge in [-0.25, -0.2) is 4.39 Å². The first kappa shape index (κ1) is 23.7. The zero-order chi connectivity index (χ0) is 24.3. The fraction of sp³-hybridized carbons (Fsp3) is 0.348. The molecule has 1 amide bonds. The molecular weight excluding hydrogens is 456 g/mol. The van der Waals surface area contributed by atoms with Gasteiger partial charge in [0.05, 0.1) is 11.6 Å². The molecule has 7 nitrogen and oxygen atoms in total. The average molecular weight is 478 g/mol. The molecule has 11 heteroatoms. The van der Waals surface area contributed by atoms with Gasteiger partial charge < -0.3 is 14.2 Å². The van der Waals surface area contributed by atoms with E-state index in [-0.39, 0.29) is 41.7 Å². The second kappa shape index (κ2) is 9.80. The largest absolute Gasteiger partial charge is 0.484 e. The Morgan fingerprint density at radius 3 is 2.50 bits per heavy atom. The van der Waals surface area contributed by atoms with E-state index in [1.165, 1.54) is 36.4 Å². The fourth-order valence-corrected chi connectivity index (χ4v) is 3.64. The highest BCUT2D eigenvalue weighted by Gasteiger charge is 2.31. The zero-order valence-electron chi connectivity index (χ0n) is 18.3. The van der Waals surface area contributed by atoms with Crippen LogP contribution >= 0.6 is 0 Å². The number of amides is 1. The highest BCUT2D eigenvalue weighted by molar-refractivity contribution is 5.77. The molecule has 0 aliphatic carbocycles. The van der Waals surface area contributed by atoms with Crippen LogP contribution in [-0.2, 0) is 11.0 Å². The van der Waals surface area contributed by atoms with Gasteiger partial charge in [-0.05, 0) is 43.3 Å². The molecule has 2 aromatic carbocycles. The minimum absolute atomic E-state index is 0.0831. The van der Waals surface area contributed by atoms with Crippen molar-refractivity contribution in [2.24, 2.45) is 0 Å². The smallest absolute Gasteiger partial charge is 0.416 e. The van der Waals surface area contributed by atoms with E-state index < -0.39 is 11.7 Å². The monoisotopic (exact) mass is 478 g/mol. The van der Waals surface area contributed by atoms with Crippen LogP contribution in [0.1, 0.15) is 24.4 Å². The van der Waals surface area contributed by atoms with E-state index in [0.717, 1.165) is 12.1 Å². The molecule has 0 bridgehead atoms. The molecule has 2 heterocycles. The topological polar surface area (TPSA) is 71.7 Å². The first-order chi connectivity index (χ1) is 16.2. The Bertz CT molecular complexity index is 1130. The third kappa shape index (κ3) is 5.53. The molecule has 1 fully saturated rings. The molecule has 1 unspecified atom stereocenters. The lowest BCUT2D eigenvalue weighted by atomic mass is 10.1. The van der Waals surface area contributed by atoms with Crippen LogP contribution in [-0.4, -0.2) is 58.6 Å². The van der Waals surface area contributed by atoms with E-state index in [0.29, 0.717) is 31.9 Å². The van der Waals surface area contributed by atoms with Crippen molar-refractivity contribution in [3.05, 3.63) is 65.8 Å². The van der Waals surface area contributed by atoms with E-state index >= 15 is 0 Å². The highest BCUT2D eigenvalue weighted by Crippen LogP contribution is 2.32. The molecule has 34 heavy (non-hydrogen) atoms. The number of hydrogen-bond donors (Lipinski definition) is 0. The quantitative estimate of drug-likeness (QED) is 0.495. The van der Waals surface area contributed by atoms with Crippen LogP contribution in [0.2, 0.25) is 0 Å². The molecule has 0 N–H and O–H groups in total. The van der Waals surface area contributed by atoms with Crippen LogP contribution in [0, 0.1) is 5.82 Å². The third-order valence-electron chi connectivity index (χ3n) is 5.64. The van der Waals surface area contributed by atoms with Gasteiger partial charge in [-0.3, -0.25) is 9.69 Å². The number of aromatic nitrogens is 2. The Hall–Kier alpha value is -3.47. The lowest BCUT2D eigenvalue weighted by molar-refractivity contribution is -0.137. The highest BCUT2D eigenvalue weighted by atomic mass is 19.4. The van der Waals surface area contributed by atoms with Crippen molar-refractivity contribution in [2.75, 3.05) is 32.8 Å². The summed E-state index contributed by atoms with van der Waals surface area (Å²) < 4.78 is 62.6. The molecule has 0 radical (unpaired) electrons. The molecule has 180 valence electrons. The number of rotatable bonds is 6. The van der Waals surface area contributed by atoms with Gasteiger partial charge in [-0.1, -0.05) is 17.3 Å². The summed E-state index contributed by atoms with van der Waals surface area (Å²) in [6.07, 6.45) is -4.46. The van der Waals surface area contributed by atoms with Gasteiger partial charge in [0.2, 0.25) is 11.7 Å². The summed E-state index contributed by atoms with van der Waals surface area (Å²) >= 11 is 0. The van der Waals surface area contributed by atoms with Gasteiger partial charge in [0, 0.05) is 31.7 Å². The van der Waals surface area contributed by atoms with E-state index in [1.54, 1.807) is 4.90 Å². The molecule has 1 aromatic heterocycles. The van der Waals surface area contributed by atoms with Gasteiger partial charge in [-0.2, -0.15) is 18.2 Å². The Labute approximate surface area is 192 Å². The van der Waals surface area contributed by atoms with Gasteiger partial charge in [0.25, 0.3) is 5.91 Å². The average Bonchev–Trinajstić information content (AvgIpc) is 3.33. The number of piperazine rings is 1. The van der Waals surface area contributed by atoms with E-state index in [1.807, 2.05) is 11.8 Å². The number of benzene rings is 2. The van der Waals surface area contributed by atoms with E-state index in [2.05, 4.69) is 10.1 Å². The molecule has 1 aliphatic rings. The lowest BCUT2D eigenvalue weighted by Gasteiger charge is -2.36. The molecule has 1 aliphatic heterocycles. The third-order valence-corrected chi connectivity index (χ3v) is 5.64. The lowest BCUT2D eigenvalue weighted by Crippen LogP contribution is -2.50. The first-order valence-corrected chi connectivity index (χ1v) is 10.6. The van der Waals surface area contributed by atoms with Crippen molar-refractivity contribution in [3.8, 4) is 17.1 Å². The maximum Gasteiger partial charge on any atom is 0.416 e. The van der Waals surface area contributed by atoms with Gasteiger partial charge in [0.15, 0.2) is 6.61 Å². The first-order valence-electron chi connectivity index (χ1n) is 10.6. The Morgan fingerprint density at radius 1 is 1.12 bits per heavy atom. The molecule has 1 saturated heterocycles. The Balaban J connectivity index is 1.31. The number of halogens is 4. The Kier molecular flexibility index (Phi) is 6.82. The summed E-state index contributed by atoms with van der Waals surface area (Å²) in [4.78, 5) is 20.4. The van der Waals surface area contributed by atoms with Crippen molar-refractivity contribution in [2.45, 2.75) is 19.1 Å². The molecule has 3 aromatic rings. The molecule has 0 spiro atoms. The molecule has 4 rings (SSSR count). The van der Waals surface area contributed by atoms with Crippen LogP contribution < -0.4 is 4.74 Å². The second-order valence-corrected chi connectivity index (χ2v) is 7.87. The summed E-state index contributed by atoms with van der Waals surface area (Å²) in [5, 5.41) is 3.84. The maximum atomic E-state index is 13.0. The number of alkyl halides is 3. The maximum absolute atomic E-state index is 13.0. The number of carbonyl (C=O) groups is 1. The minimum atomic E-state index is -4.46. The Morgan fingerprint density at radius 2 is 1.82 bits per heavy atom. The van der Waals surface area contributed by atoms with Gasteiger partial charge in [0.1, 0.15) is 11.6 Å². The van der Waals surface area contributed by atoms with Crippen LogP contribution in [0.3, 0.4) is 0 Å². The van der Waals surface area contributed by atoms with Crippen molar-refractivity contribution >= 4 is 5.91 Å². The molecule has 0 saturated carbocycles. The zero-order valence-corrected chi connectivity index (χ0v) is 18.3. The van der Waals surface area contributed by atoms with Crippen LogP contribution in [0.4, 0.5) is 17.6 Å². The minimum Gasteiger partial charge on any atom is -0.484 e. The molecular formula is C23H22F4N4O3. The second-order valence-electron chi connectivity index (χ2n) is 7.87. The van der Waals surface area contributed by atoms with E-state index in [4.69, 9.17) is 9.26 Å². The summed E-state index contributed by atoms with van der Waals surface area (Å²) in [6, 6.07) is 9.92. The van der Waals surface area contributed by atoms with Crippen molar-refractivity contribution in [1.29, 1.82) is 0 Å². The van der Waals surface area contributed by atoms with Crippen molar-refractivity contribution < 1.29 is 31.6 Å². The summed E-state index contributed by atoms with van der Waals surface area (Å²) in [5.74, 6) is 0.217. The summed E-state index contributed by atoms with van der Waals surface area (Å²) in [6.45, 7) is 3.73.